The van der Waals surface area contributed by atoms with E-state index in [1.165, 1.54) is 6.07 Å². The summed E-state index contributed by atoms with van der Waals surface area (Å²) in [5.41, 5.74) is -0.180. The quantitative estimate of drug-likeness (QED) is 0.746. The van der Waals surface area contributed by atoms with Gasteiger partial charge in [0.15, 0.2) is 0 Å². The van der Waals surface area contributed by atoms with Gasteiger partial charge in [0.2, 0.25) is 0 Å². The summed E-state index contributed by atoms with van der Waals surface area (Å²) in [6.07, 6.45) is -3.04. The standard InChI is InChI=1S/C13H14BrF3O/c14-12-5-6-18-8-10(12)7-9-3-1-2-4-11(9)13(15,16)17/h1-4,10,12H,5-8H2. The first-order chi connectivity index (χ1) is 8.48. The molecule has 1 saturated heterocycles. The smallest absolute Gasteiger partial charge is 0.381 e. The Morgan fingerprint density at radius 3 is 2.67 bits per heavy atom. The van der Waals surface area contributed by atoms with Crippen LogP contribution in [0, 0.1) is 5.92 Å². The number of halogens is 4. The highest BCUT2D eigenvalue weighted by Gasteiger charge is 2.34. The lowest BCUT2D eigenvalue weighted by Crippen LogP contribution is -2.30. The summed E-state index contributed by atoms with van der Waals surface area (Å²) in [6.45, 7) is 1.19. The molecule has 100 valence electrons. The average molecular weight is 323 g/mol. The Morgan fingerprint density at radius 2 is 2.00 bits per heavy atom. The van der Waals surface area contributed by atoms with Gasteiger partial charge in [-0.1, -0.05) is 34.1 Å². The molecule has 0 saturated carbocycles. The summed E-state index contributed by atoms with van der Waals surface area (Å²) in [4.78, 5) is 0.229. The monoisotopic (exact) mass is 322 g/mol. The number of alkyl halides is 4. The maximum Gasteiger partial charge on any atom is 0.416 e. The highest BCUT2D eigenvalue weighted by atomic mass is 79.9. The van der Waals surface area contributed by atoms with Gasteiger partial charge in [0, 0.05) is 11.4 Å². The van der Waals surface area contributed by atoms with Gasteiger partial charge in [0.25, 0.3) is 0 Å². The molecule has 1 aliphatic heterocycles. The molecule has 2 atom stereocenters. The second-order valence-electron chi connectivity index (χ2n) is 4.50. The molecule has 0 N–H and O–H groups in total. The van der Waals surface area contributed by atoms with E-state index in [9.17, 15) is 13.2 Å². The lowest BCUT2D eigenvalue weighted by Gasteiger charge is -2.28. The highest BCUT2D eigenvalue weighted by Crippen LogP contribution is 2.34. The normalized spacial score (nSPS) is 25.1. The molecule has 18 heavy (non-hydrogen) atoms. The lowest BCUT2D eigenvalue weighted by molar-refractivity contribution is -0.138. The molecule has 1 aliphatic rings. The first kappa shape index (κ1) is 13.9. The van der Waals surface area contributed by atoms with E-state index < -0.39 is 11.7 Å². The van der Waals surface area contributed by atoms with Gasteiger partial charge in [-0.15, -0.1) is 0 Å². The SMILES string of the molecule is FC(F)(F)c1ccccc1CC1COCCC1Br. The largest absolute Gasteiger partial charge is 0.416 e. The van der Waals surface area contributed by atoms with Crippen molar-refractivity contribution in [2.75, 3.05) is 13.2 Å². The molecule has 1 aromatic carbocycles. The van der Waals surface area contributed by atoms with Crippen LogP contribution >= 0.6 is 15.9 Å². The molecule has 1 aromatic rings. The van der Waals surface area contributed by atoms with E-state index in [-0.39, 0.29) is 10.7 Å². The van der Waals surface area contributed by atoms with E-state index in [1.807, 2.05) is 0 Å². The average Bonchev–Trinajstić information content (AvgIpc) is 2.31. The van der Waals surface area contributed by atoms with Crippen LogP contribution in [0.5, 0.6) is 0 Å². The van der Waals surface area contributed by atoms with Gasteiger partial charge in [-0.2, -0.15) is 13.2 Å². The zero-order chi connectivity index (χ0) is 13.2. The fourth-order valence-electron chi connectivity index (χ4n) is 2.21. The van der Waals surface area contributed by atoms with Gasteiger partial charge in [0.05, 0.1) is 12.2 Å². The van der Waals surface area contributed by atoms with Crippen molar-refractivity contribution >= 4 is 15.9 Å². The first-order valence-corrected chi connectivity index (χ1v) is 6.77. The number of ether oxygens (including phenoxy) is 1. The Kier molecular flexibility index (Phi) is 4.33. The molecule has 2 unspecified atom stereocenters. The molecule has 0 spiro atoms. The highest BCUT2D eigenvalue weighted by molar-refractivity contribution is 9.09. The first-order valence-electron chi connectivity index (χ1n) is 5.85. The second-order valence-corrected chi connectivity index (χ2v) is 5.67. The van der Waals surface area contributed by atoms with Gasteiger partial charge in [0.1, 0.15) is 0 Å². The van der Waals surface area contributed by atoms with Crippen LogP contribution in [0.25, 0.3) is 0 Å². The van der Waals surface area contributed by atoms with E-state index in [2.05, 4.69) is 15.9 Å². The van der Waals surface area contributed by atoms with Crippen LogP contribution in [0.4, 0.5) is 13.2 Å². The van der Waals surface area contributed by atoms with E-state index in [4.69, 9.17) is 4.74 Å². The molecule has 0 aliphatic carbocycles. The molecular weight excluding hydrogens is 309 g/mol. The number of benzene rings is 1. The van der Waals surface area contributed by atoms with Crippen molar-refractivity contribution in [1.82, 2.24) is 0 Å². The third-order valence-corrected chi connectivity index (χ3v) is 4.39. The summed E-state index contributed by atoms with van der Waals surface area (Å²) in [5.74, 6) is 0.0993. The molecule has 1 nitrogen and oxygen atoms in total. The molecule has 0 aromatic heterocycles. The fourth-order valence-corrected chi connectivity index (χ4v) is 2.74. The minimum Gasteiger partial charge on any atom is -0.381 e. The third-order valence-electron chi connectivity index (χ3n) is 3.19. The number of rotatable bonds is 2. The lowest BCUT2D eigenvalue weighted by atomic mass is 9.91. The Hall–Kier alpha value is -0.550. The van der Waals surface area contributed by atoms with E-state index in [1.54, 1.807) is 12.1 Å². The Balaban J connectivity index is 2.18. The van der Waals surface area contributed by atoms with Crippen molar-refractivity contribution in [3.63, 3.8) is 0 Å². The molecule has 0 radical (unpaired) electrons. The van der Waals surface area contributed by atoms with E-state index in [0.29, 0.717) is 25.2 Å². The van der Waals surface area contributed by atoms with Crippen molar-refractivity contribution in [2.45, 2.75) is 23.8 Å². The predicted octanol–water partition coefficient (Wildman–Crippen LogP) is 4.05. The fraction of sp³-hybridized carbons (Fsp3) is 0.538. The Labute approximate surface area is 112 Å². The summed E-state index contributed by atoms with van der Waals surface area (Å²) < 4.78 is 43.9. The summed E-state index contributed by atoms with van der Waals surface area (Å²) in [6, 6.07) is 5.77. The van der Waals surface area contributed by atoms with Crippen LogP contribution in [0.1, 0.15) is 17.5 Å². The Bertz CT molecular complexity index is 405. The zero-order valence-corrected chi connectivity index (χ0v) is 11.3. The molecular formula is C13H14BrF3O. The summed E-state index contributed by atoms with van der Waals surface area (Å²) in [5, 5.41) is 0. The van der Waals surface area contributed by atoms with Crippen molar-refractivity contribution in [3.05, 3.63) is 35.4 Å². The summed E-state index contributed by atoms with van der Waals surface area (Å²) in [7, 11) is 0. The number of hydrogen-bond acceptors (Lipinski definition) is 1. The van der Waals surface area contributed by atoms with Gasteiger partial charge in [-0.3, -0.25) is 0 Å². The Morgan fingerprint density at radius 1 is 1.28 bits per heavy atom. The van der Waals surface area contributed by atoms with Crippen molar-refractivity contribution in [3.8, 4) is 0 Å². The van der Waals surface area contributed by atoms with Crippen LogP contribution in [0.2, 0.25) is 0 Å². The molecule has 1 heterocycles. The van der Waals surface area contributed by atoms with Crippen molar-refractivity contribution in [1.29, 1.82) is 0 Å². The van der Waals surface area contributed by atoms with Crippen LogP contribution in [0.3, 0.4) is 0 Å². The van der Waals surface area contributed by atoms with Crippen molar-refractivity contribution in [2.24, 2.45) is 5.92 Å². The van der Waals surface area contributed by atoms with Crippen LogP contribution in [0.15, 0.2) is 24.3 Å². The molecule has 0 bridgehead atoms. The van der Waals surface area contributed by atoms with E-state index in [0.717, 1.165) is 12.5 Å². The number of hydrogen-bond donors (Lipinski definition) is 0. The minimum atomic E-state index is -4.28. The molecule has 1 fully saturated rings. The van der Waals surface area contributed by atoms with Crippen LogP contribution < -0.4 is 0 Å². The third kappa shape index (κ3) is 3.26. The predicted molar refractivity (Wildman–Crippen MR) is 66.8 cm³/mol. The van der Waals surface area contributed by atoms with Crippen molar-refractivity contribution < 1.29 is 17.9 Å². The minimum absolute atomic E-state index is 0.0993. The van der Waals surface area contributed by atoms with Gasteiger partial charge >= 0.3 is 6.18 Å². The van der Waals surface area contributed by atoms with Gasteiger partial charge in [-0.05, 0) is 30.4 Å². The van der Waals surface area contributed by atoms with Crippen LogP contribution in [-0.4, -0.2) is 18.0 Å². The molecule has 0 amide bonds. The summed E-state index contributed by atoms with van der Waals surface area (Å²) >= 11 is 3.53. The van der Waals surface area contributed by atoms with Gasteiger partial charge < -0.3 is 4.74 Å². The maximum atomic E-state index is 12.9. The topological polar surface area (TPSA) is 9.23 Å². The molecule has 5 heteroatoms. The zero-order valence-electron chi connectivity index (χ0n) is 9.71. The molecule has 2 rings (SSSR count). The van der Waals surface area contributed by atoms with Crippen LogP contribution in [-0.2, 0) is 17.3 Å². The second kappa shape index (κ2) is 5.61. The maximum absolute atomic E-state index is 12.9. The van der Waals surface area contributed by atoms with E-state index >= 15 is 0 Å². The van der Waals surface area contributed by atoms with Gasteiger partial charge in [-0.25, -0.2) is 0 Å².